The topological polar surface area (TPSA) is 169 Å². The van der Waals surface area contributed by atoms with Crippen LogP contribution in [0.3, 0.4) is 0 Å². The summed E-state index contributed by atoms with van der Waals surface area (Å²) >= 11 is 0. The summed E-state index contributed by atoms with van der Waals surface area (Å²) in [6, 6.07) is -3.99. The lowest BCUT2D eigenvalue weighted by Crippen LogP contribution is -2.63. The van der Waals surface area contributed by atoms with E-state index in [1.807, 2.05) is 48.5 Å². The van der Waals surface area contributed by atoms with Crippen molar-refractivity contribution in [2.24, 2.45) is 28.1 Å². The maximum atomic E-state index is 14.3. The Balaban J connectivity index is 1.81. The van der Waals surface area contributed by atoms with Gasteiger partial charge in [0.15, 0.2) is 0 Å². The van der Waals surface area contributed by atoms with Gasteiger partial charge < -0.3 is 36.4 Å². The number of fused-ring (bicyclic) bond motifs is 1. The van der Waals surface area contributed by atoms with Crippen LogP contribution < -0.4 is 26.6 Å². The number of Topliss-reactive ketones (excluding diaryl/α,β-unsaturated/α-hetero) is 1. The molecule has 3 aliphatic rings. The standard InChI is InChI=1S/C34H57N7O6/c1-11-14-21(25(42)28(44)35-15-12-2)37-27(43)24-23-20(34(23,9)10)18-41(24)29(45)26(33(6,7)8)39-30(46)38-22(32(3,4)5)19-40-17-13-16-36-31(40)47/h12,20-24,26H,2,11,13-19H2,1,3-10H3,(H,35,44)(H,36,47)(H,37,43)(H2,38,39,46)/t20-,21?,22-,23-,24-,26+/m0/s1. The van der Waals surface area contributed by atoms with E-state index in [0.717, 1.165) is 6.42 Å². The molecule has 3 rings (SSSR count). The number of hydrogen-bond donors (Lipinski definition) is 5. The fourth-order valence-electron chi connectivity index (χ4n) is 6.79. The summed E-state index contributed by atoms with van der Waals surface area (Å²) < 4.78 is 0. The minimum atomic E-state index is -1.03. The zero-order chi connectivity index (χ0) is 35.5. The number of urea groups is 2. The number of carbonyl (C=O) groups excluding carboxylic acids is 6. The van der Waals surface area contributed by atoms with Crippen molar-refractivity contribution < 1.29 is 28.8 Å². The summed E-state index contributed by atoms with van der Waals surface area (Å²) in [5, 5.41) is 14.0. The second-order valence-electron chi connectivity index (χ2n) is 16.0. The third kappa shape index (κ3) is 8.84. The van der Waals surface area contributed by atoms with Crippen LogP contribution in [0, 0.1) is 28.1 Å². The second kappa shape index (κ2) is 14.6. The summed E-state index contributed by atoms with van der Waals surface area (Å²) in [6.45, 7) is 23.0. The summed E-state index contributed by atoms with van der Waals surface area (Å²) in [7, 11) is 0. The highest BCUT2D eigenvalue weighted by Gasteiger charge is 2.70. The van der Waals surface area contributed by atoms with Gasteiger partial charge in [-0.1, -0.05) is 74.8 Å². The number of nitrogens with one attached hydrogen (secondary N) is 5. The van der Waals surface area contributed by atoms with Crippen molar-refractivity contribution in [2.45, 2.75) is 106 Å². The second-order valence-corrected chi connectivity index (χ2v) is 16.0. The highest BCUT2D eigenvalue weighted by atomic mass is 16.2. The van der Waals surface area contributed by atoms with Crippen LogP contribution in [0.15, 0.2) is 12.7 Å². The zero-order valence-corrected chi connectivity index (χ0v) is 29.7. The Labute approximate surface area is 279 Å². The summed E-state index contributed by atoms with van der Waals surface area (Å²) in [4.78, 5) is 82.9. The first-order chi connectivity index (χ1) is 21.7. The van der Waals surface area contributed by atoms with Crippen LogP contribution in [-0.2, 0) is 19.2 Å². The Bertz CT molecular complexity index is 1240. The minimum absolute atomic E-state index is 0.0776. The van der Waals surface area contributed by atoms with Crippen molar-refractivity contribution in [1.29, 1.82) is 0 Å². The number of nitrogens with zero attached hydrogens (tertiary/aromatic N) is 2. The molecule has 0 radical (unpaired) electrons. The Hall–Kier alpha value is -3.64. The summed E-state index contributed by atoms with van der Waals surface area (Å²) in [6.07, 6.45) is 3.10. The van der Waals surface area contributed by atoms with Gasteiger partial charge >= 0.3 is 12.1 Å². The fourth-order valence-corrected chi connectivity index (χ4v) is 6.79. The smallest absolute Gasteiger partial charge is 0.317 e. The number of likely N-dealkylation sites (tertiary alicyclic amines) is 1. The van der Waals surface area contributed by atoms with Crippen molar-refractivity contribution >= 4 is 35.6 Å². The molecule has 5 N–H and O–H groups in total. The Kier molecular flexibility index (Phi) is 11.8. The van der Waals surface area contributed by atoms with Gasteiger partial charge in [-0.05, 0) is 40.9 Å². The van der Waals surface area contributed by atoms with E-state index in [2.05, 4.69) is 47.0 Å². The molecule has 1 aliphatic carbocycles. The Morgan fingerprint density at radius 2 is 1.70 bits per heavy atom. The van der Waals surface area contributed by atoms with E-state index in [0.29, 0.717) is 32.6 Å². The normalized spacial score (nSPS) is 23.8. The van der Waals surface area contributed by atoms with E-state index in [1.165, 1.54) is 11.0 Å². The molecule has 0 spiro atoms. The number of rotatable bonds is 13. The fraction of sp³-hybridized carbons (Fsp3) is 0.765. The number of carbonyl (C=O) groups is 6. The third-order valence-corrected chi connectivity index (χ3v) is 9.91. The van der Waals surface area contributed by atoms with Gasteiger partial charge in [-0.15, -0.1) is 6.58 Å². The van der Waals surface area contributed by atoms with Crippen molar-refractivity contribution in [1.82, 2.24) is 36.4 Å². The van der Waals surface area contributed by atoms with Gasteiger partial charge in [0.25, 0.3) is 5.91 Å². The van der Waals surface area contributed by atoms with E-state index < -0.39 is 58.6 Å². The maximum Gasteiger partial charge on any atom is 0.317 e. The van der Waals surface area contributed by atoms with E-state index in [-0.39, 0.29) is 42.2 Å². The molecule has 13 heteroatoms. The predicted molar refractivity (Wildman–Crippen MR) is 179 cm³/mol. The SMILES string of the molecule is C=CCNC(=O)C(=O)C(CCC)NC(=O)[C@@H]1[C@@H]2[C@H](CN1C(=O)[C@@H](NC(=O)N[C@@H](CN1CCCNC1=O)C(C)(C)C)C(C)(C)C)C2(C)C. The molecular weight excluding hydrogens is 602 g/mol. The number of hydrogen-bond acceptors (Lipinski definition) is 6. The van der Waals surface area contributed by atoms with E-state index in [4.69, 9.17) is 0 Å². The molecule has 0 aromatic carbocycles. The maximum absolute atomic E-state index is 14.3. The lowest BCUT2D eigenvalue weighted by Gasteiger charge is -2.40. The molecule has 6 atom stereocenters. The van der Waals surface area contributed by atoms with Gasteiger partial charge in [-0.2, -0.15) is 0 Å². The average Bonchev–Trinajstić information content (AvgIpc) is 3.28. The number of amides is 7. The van der Waals surface area contributed by atoms with Gasteiger partial charge in [-0.25, -0.2) is 9.59 Å². The van der Waals surface area contributed by atoms with E-state index in [9.17, 15) is 28.8 Å². The quantitative estimate of drug-likeness (QED) is 0.150. The number of piperidine rings is 1. The zero-order valence-electron chi connectivity index (χ0n) is 29.7. The molecule has 0 aromatic heterocycles. The molecule has 1 saturated carbocycles. The Morgan fingerprint density at radius 1 is 1.04 bits per heavy atom. The van der Waals surface area contributed by atoms with Crippen LogP contribution in [0.25, 0.3) is 0 Å². The Morgan fingerprint density at radius 3 is 2.26 bits per heavy atom. The van der Waals surface area contributed by atoms with Crippen molar-refractivity contribution in [3.05, 3.63) is 12.7 Å². The summed E-state index contributed by atoms with van der Waals surface area (Å²) in [5.41, 5.74) is -1.30. The van der Waals surface area contributed by atoms with Crippen molar-refractivity contribution in [2.75, 3.05) is 32.7 Å². The first-order valence-electron chi connectivity index (χ1n) is 16.9. The molecule has 1 unspecified atom stereocenters. The van der Waals surface area contributed by atoms with Gasteiger partial charge in [0.2, 0.25) is 17.6 Å². The largest absolute Gasteiger partial charge is 0.346 e. The molecule has 13 nitrogen and oxygen atoms in total. The first-order valence-corrected chi connectivity index (χ1v) is 16.9. The van der Waals surface area contributed by atoms with Crippen LogP contribution in [0.2, 0.25) is 0 Å². The van der Waals surface area contributed by atoms with E-state index >= 15 is 0 Å². The van der Waals surface area contributed by atoms with Crippen LogP contribution in [0.1, 0.15) is 81.6 Å². The monoisotopic (exact) mass is 659 g/mol. The van der Waals surface area contributed by atoms with Crippen LogP contribution >= 0.6 is 0 Å². The van der Waals surface area contributed by atoms with Crippen molar-refractivity contribution in [3.63, 3.8) is 0 Å². The lowest BCUT2D eigenvalue weighted by atomic mass is 9.84. The molecule has 264 valence electrons. The van der Waals surface area contributed by atoms with Crippen LogP contribution in [-0.4, -0.2) is 102 Å². The highest BCUT2D eigenvalue weighted by molar-refractivity contribution is 6.38. The minimum Gasteiger partial charge on any atom is -0.346 e. The highest BCUT2D eigenvalue weighted by Crippen LogP contribution is 2.65. The molecule has 2 aliphatic heterocycles. The van der Waals surface area contributed by atoms with Crippen LogP contribution in [0.5, 0.6) is 0 Å². The molecule has 7 amide bonds. The molecule has 0 bridgehead atoms. The molecule has 2 heterocycles. The van der Waals surface area contributed by atoms with Crippen molar-refractivity contribution in [3.8, 4) is 0 Å². The lowest BCUT2D eigenvalue weighted by molar-refractivity contribution is -0.145. The van der Waals surface area contributed by atoms with E-state index in [1.54, 1.807) is 4.90 Å². The van der Waals surface area contributed by atoms with Gasteiger partial charge in [-0.3, -0.25) is 19.2 Å². The van der Waals surface area contributed by atoms with Gasteiger partial charge in [0, 0.05) is 32.7 Å². The predicted octanol–water partition coefficient (Wildman–Crippen LogP) is 2.17. The third-order valence-electron chi connectivity index (χ3n) is 9.91. The molecule has 2 saturated heterocycles. The molecule has 0 aromatic rings. The van der Waals surface area contributed by atoms with Gasteiger partial charge in [0.05, 0.1) is 12.1 Å². The average molecular weight is 660 g/mol. The summed E-state index contributed by atoms with van der Waals surface area (Å²) in [5.74, 6) is -2.47. The van der Waals surface area contributed by atoms with Gasteiger partial charge in [0.1, 0.15) is 12.1 Å². The first kappa shape index (κ1) is 37.8. The molecular formula is C34H57N7O6. The van der Waals surface area contributed by atoms with Crippen LogP contribution in [0.4, 0.5) is 9.59 Å². The molecule has 3 fully saturated rings. The number of ketones is 1. The molecule has 47 heavy (non-hydrogen) atoms.